The fourth-order valence-corrected chi connectivity index (χ4v) is 9.79. The molecule has 0 aromatic carbocycles. The smallest absolute Gasteiger partial charge is 0.332 e. The summed E-state index contributed by atoms with van der Waals surface area (Å²) < 4.78 is 5.69. The van der Waals surface area contributed by atoms with Crippen molar-refractivity contribution in [1.82, 2.24) is 0 Å². The van der Waals surface area contributed by atoms with E-state index < -0.39 is 75.5 Å². The van der Waals surface area contributed by atoms with Gasteiger partial charge in [-0.2, -0.15) is 0 Å². The van der Waals surface area contributed by atoms with Crippen LogP contribution in [0.4, 0.5) is 0 Å². The number of carbonyl (C=O) groups is 2. The molecule has 0 amide bonds. The number of carboxylic acids is 1. The number of aliphatic hydroxyl groups excluding tert-OH is 2. The zero-order valence-electron chi connectivity index (χ0n) is 25.7. The largest absolute Gasteiger partial charge is 0.481 e. The third-order valence-electron chi connectivity index (χ3n) is 12.7. The maximum atomic E-state index is 12.7. The van der Waals surface area contributed by atoms with E-state index in [0.717, 1.165) is 11.1 Å². The first-order valence-electron chi connectivity index (χ1n) is 15.2. The molecule has 6 rings (SSSR count). The van der Waals surface area contributed by atoms with Gasteiger partial charge in [0.1, 0.15) is 23.9 Å². The molecule has 0 aromatic heterocycles. The molecule has 8 nitrogen and oxygen atoms in total. The number of hydrogen-bond donors (Lipinski definition) is 3. The lowest BCUT2D eigenvalue weighted by Gasteiger charge is -2.72. The Kier molecular flexibility index (Phi) is 7.06. The lowest BCUT2D eigenvalue weighted by molar-refractivity contribution is -0.483. The van der Waals surface area contributed by atoms with Gasteiger partial charge in [-0.25, -0.2) is 14.6 Å². The van der Waals surface area contributed by atoms with Crippen LogP contribution in [0.25, 0.3) is 0 Å². The second-order valence-electron chi connectivity index (χ2n) is 14.9. The number of aliphatic hydroxyl groups is 2. The Labute approximate surface area is 243 Å². The van der Waals surface area contributed by atoms with Gasteiger partial charge in [0.15, 0.2) is 0 Å². The molecule has 2 bridgehead atoms. The number of carboxylic acid groups (broad SMARTS) is 1. The molecule has 4 aliphatic carbocycles. The summed E-state index contributed by atoms with van der Waals surface area (Å²) in [6.07, 6.45) is 8.40. The lowest BCUT2D eigenvalue weighted by Crippen LogP contribution is -2.76. The molecular weight excluding hydrogens is 524 g/mol. The molecule has 9 atom stereocenters. The molecule has 2 saturated carbocycles. The van der Waals surface area contributed by atoms with E-state index in [0.29, 0.717) is 38.5 Å². The first-order chi connectivity index (χ1) is 19.0. The molecule has 0 unspecified atom stereocenters. The third-order valence-corrected chi connectivity index (χ3v) is 12.7. The summed E-state index contributed by atoms with van der Waals surface area (Å²) in [7, 11) is 0. The van der Waals surface area contributed by atoms with Crippen molar-refractivity contribution in [2.75, 3.05) is 6.61 Å². The van der Waals surface area contributed by atoms with Gasteiger partial charge in [0.2, 0.25) is 0 Å². The highest BCUT2D eigenvalue weighted by Crippen LogP contribution is 2.77. The zero-order chi connectivity index (χ0) is 30.4. The molecule has 2 heterocycles. The van der Waals surface area contributed by atoms with Gasteiger partial charge in [-0.3, -0.25) is 4.79 Å². The molecule has 41 heavy (non-hydrogen) atoms. The Morgan fingerprint density at radius 2 is 1.83 bits per heavy atom. The van der Waals surface area contributed by atoms with E-state index in [1.54, 1.807) is 0 Å². The number of allylic oxidation sites excluding steroid dienone is 2. The van der Waals surface area contributed by atoms with Gasteiger partial charge in [-0.15, -0.1) is 0 Å². The summed E-state index contributed by atoms with van der Waals surface area (Å²) >= 11 is 0. The number of fused-ring (bicyclic) bond motifs is 2. The summed E-state index contributed by atoms with van der Waals surface area (Å²) in [6.45, 7) is 18.1. The molecule has 2 aliphatic heterocycles. The van der Waals surface area contributed by atoms with Crippen LogP contribution in [0.1, 0.15) is 87.0 Å². The summed E-state index contributed by atoms with van der Waals surface area (Å²) in [6, 6.07) is 0. The number of esters is 1. The lowest BCUT2D eigenvalue weighted by atomic mass is 9.39. The molecule has 3 fully saturated rings. The highest BCUT2D eigenvalue weighted by Gasteiger charge is 2.80. The van der Waals surface area contributed by atoms with Gasteiger partial charge in [0, 0.05) is 22.2 Å². The van der Waals surface area contributed by atoms with E-state index in [1.165, 1.54) is 0 Å². The van der Waals surface area contributed by atoms with Gasteiger partial charge in [0.25, 0.3) is 0 Å². The number of carbonyl (C=O) groups excluding carboxylic acids is 1. The number of hydrogen-bond acceptors (Lipinski definition) is 7. The van der Waals surface area contributed by atoms with Gasteiger partial charge >= 0.3 is 11.9 Å². The Hall–Kier alpha value is -2.00. The second-order valence-corrected chi connectivity index (χ2v) is 14.9. The van der Waals surface area contributed by atoms with Crippen LogP contribution in [0.3, 0.4) is 0 Å². The third kappa shape index (κ3) is 3.66. The number of ether oxygens (including phenoxy) is 1. The minimum Gasteiger partial charge on any atom is -0.481 e. The van der Waals surface area contributed by atoms with Crippen molar-refractivity contribution in [3.63, 3.8) is 0 Å². The second kappa shape index (κ2) is 9.50. The molecule has 0 radical (unpaired) electrons. The Morgan fingerprint density at radius 3 is 2.39 bits per heavy atom. The standard InChI is InChI=1S/C33H48O8/c1-19(2)20(3)9-10-21(27(37)38)26-22(35)17-31(8)30(26,7)13-11-23-29(6)14-12-24(39-25(36)18-34)28(4,5)33(29)16-15-32(23,31)40-41-33/h11,15-16,19,21-22,24,26,34-35H,3,9-10,12-14,17-18H2,1-2,4-8H3,(H,37,38)/t21-,22-,24+,26+,29-,30-,31-,32-,33-/m1/s1. The van der Waals surface area contributed by atoms with Crippen molar-refractivity contribution < 1.29 is 39.4 Å². The first-order valence-corrected chi connectivity index (χ1v) is 15.2. The van der Waals surface area contributed by atoms with E-state index in [4.69, 9.17) is 14.5 Å². The molecule has 2 spiro atoms. The minimum absolute atomic E-state index is 0.269. The van der Waals surface area contributed by atoms with Crippen LogP contribution in [0.2, 0.25) is 0 Å². The van der Waals surface area contributed by atoms with E-state index in [9.17, 15) is 24.9 Å². The maximum Gasteiger partial charge on any atom is 0.332 e. The minimum atomic E-state index is -0.971. The van der Waals surface area contributed by atoms with Crippen molar-refractivity contribution in [1.29, 1.82) is 0 Å². The van der Waals surface area contributed by atoms with E-state index in [2.05, 4.69) is 59.4 Å². The van der Waals surface area contributed by atoms with Crippen LogP contribution in [0, 0.1) is 39.4 Å². The van der Waals surface area contributed by atoms with Gasteiger partial charge in [-0.1, -0.05) is 66.7 Å². The van der Waals surface area contributed by atoms with Crippen LogP contribution < -0.4 is 0 Å². The van der Waals surface area contributed by atoms with Crippen LogP contribution in [-0.2, 0) is 24.1 Å². The average molecular weight is 573 g/mol. The predicted octanol–water partition coefficient (Wildman–Crippen LogP) is 5.14. The van der Waals surface area contributed by atoms with Crippen LogP contribution >= 0.6 is 0 Å². The number of rotatable bonds is 8. The van der Waals surface area contributed by atoms with Crippen molar-refractivity contribution >= 4 is 11.9 Å². The zero-order valence-corrected chi connectivity index (χ0v) is 25.7. The van der Waals surface area contributed by atoms with Crippen molar-refractivity contribution in [3.05, 3.63) is 36.0 Å². The van der Waals surface area contributed by atoms with Crippen LogP contribution in [0.5, 0.6) is 0 Å². The topological polar surface area (TPSA) is 123 Å². The molecule has 0 aromatic rings. The van der Waals surface area contributed by atoms with Gasteiger partial charge in [0.05, 0.1) is 12.0 Å². The van der Waals surface area contributed by atoms with Crippen molar-refractivity contribution in [2.45, 2.75) is 110 Å². The van der Waals surface area contributed by atoms with Gasteiger partial charge in [-0.05, 0) is 67.6 Å². The fraction of sp³-hybridized carbons (Fsp3) is 0.758. The molecule has 1 saturated heterocycles. The van der Waals surface area contributed by atoms with E-state index >= 15 is 0 Å². The predicted molar refractivity (Wildman–Crippen MR) is 152 cm³/mol. The molecular formula is C33H48O8. The fourth-order valence-electron chi connectivity index (χ4n) is 9.79. The maximum absolute atomic E-state index is 12.7. The average Bonchev–Trinajstić information content (AvgIpc) is 3.11. The highest BCUT2D eigenvalue weighted by molar-refractivity contribution is 5.71. The van der Waals surface area contributed by atoms with E-state index in [1.807, 2.05) is 13.8 Å². The highest BCUT2D eigenvalue weighted by atomic mass is 17.2. The van der Waals surface area contributed by atoms with E-state index in [-0.39, 0.29) is 5.92 Å². The summed E-state index contributed by atoms with van der Waals surface area (Å²) in [5, 5.41) is 31.4. The quantitative estimate of drug-likeness (QED) is 0.208. The summed E-state index contributed by atoms with van der Waals surface area (Å²) in [5.41, 5.74) is -2.16. The SMILES string of the molecule is C=C(CC[C@@H](C(=O)O)[C@H]1[C@H](O)C[C@@]2(C)[C@]34C=C[C@@]5(OO3)C(C)(C)[C@@H](OC(=O)CO)CC[C@]5(C)C4=CC[C@]12C)C(C)C. The van der Waals surface area contributed by atoms with Crippen LogP contribution in [0.15, 0.2) is 36.0 Å². The van der Waals surface area contributed by atoms with Crippen molar-refractivity contribution in [3.8, 4) is 0 Å². The van der Waals surface area contributed by atoms with Gasteiger partial charge < -0.3 is 20.1 Å². The normalized spacial score (nSPS) is 44.4. The number of aliphatic carboxylic acids is 1. The van der Waals surface area contributed by atoms with Crippen molar-refractivity contribution in [2.24, 2.45) is 39.4 Å². The first kappa shape index (κ1) is 30.5. The summed E-state index contributed by atoms with van der Waals surface area (Å²) in [5.74, 6) is -2.47. The monoisotopic (exact) mass is 572 g/mol. The Bertz CT molecular complexity index is 1200. The Balaban J connectivity index is 1.57. The van der Waals surface area contributed by atoms with Crippen LogP contribution in [-0.4, -0.2) is 57.3 Å². The molecule has 6 aliphatic rings. The summed E-state index contributed by atoms with van der Waals surface area (Å²) in [4.78, 5) is 37.9. The Morgan fingerprint density at radius 1 is 1.15 bits per heavy atom. The molecule has 8 heteroatoms. The molecule has 3 N–H and O–H groups in total. The molecule has 228 valence electrons.